The minimum Gasteiger partial charge on any atom is -0.478 e. The Balaban J connectivity index is 1.71. The summed E-state index contributed by atoms with van der Waals surface area (Å²) in [6.07, 6.45) is 5.91. The minimum absolute atomic E-state index is 0.257. The number of imidazole rings is 1. The molecule has 0 unspecified atom stereocenters. The Bertz CT molecular complexity index is 1290. The number of hydrogen-bond donors (Lipinski definition) is 1. The highest BCUT2D eigenvalue weighted by molar-refractivity contribution is 6.36. The summed E-state index contributed by atoms with van der Waals surface area (Å²) in [5, 5.41) is 10.2. The number of aromatic nitrogens is 2. The third-order valence-corrected chi connectivity index (χ3v) is 5.62. The lowest BCUT2D eigenvalue weighted by Crippen LogP contribution is -2.02. The van der Waals surface area contributed by atoms with Crippen molar-refractivity contribution in [1.82, 2.24) is 9.55 Å². The highest BCUT2D eigenvalue weighted by Gasteiger charge is 2.12. The maximum atomic E-state index is 11.1. The van der Waals surface area contributed by atoms with Crippen molar-refractivity contribution in [2.45, 2.75) is 13.5 Å². The van der Waals surface area contributed by atoms with Crippen LogP contribution in [-0.2, 0) is 6.54 Å². The summed E-state index contributed by atoms with van der Waals surface area (Å²) >= 11 is 12.5. The lowest BCUT2D eigenvalue weighted by molar-refractivity contribution is 0.0697. The number of carboxylic acid groups (broad SMARTS) is 1. The molecule has 4 aromatic rings. The molecule has 0 aliphatic heterocycles. The van der Waals surface area contributed by atoms with E-state index in [1.54, 1.807) is 24.3 Å². The summed E-state index contributed by atoms with van der Waals surface area (Å²) in [6, 6.07) is 20.4. The van der Waals surface area contributed by atoms with E-state index < -0.39 is 5.97 Å². The topological polar surface area (TPSA) is 55.1 Å². The van der Waals surface area contributed by atoms with Gasteiger partial charge in [-0.3, -0.25) is 0 Å². The number of aryl methyl sites for hydroxylation is 1. The van der Waals surface area contributed by atoms with Crippen LogP contribution >= 0.6 is 23.2 Å². The van der Waals surface area contributed by atoms with Gasteiger partial charge >= 0.3 is 5.97 Å². The van der Waals surface area contributed by atoms with E-state index >= 15 is 0 Å². The summed E-state index contributed by atoms with van der Waals surface area (Å²) < 4.78 is 2.01. The fraction of sp³-hybridized carbons (Fsp3) is 0.0769. The van der Waals surface area contributed by atoms with Gasteiger partial charge in [-0.05, 0) is 54.5 Å². The highest BCUT2D eigenvalue weighted by Crippen LogP contribution is 2.30. The molecule has 32 heavy (non-hydrogen) atoms. The predicted octanol–water partition coefficient (Wildman–Crippen LogP) is 7.08. The monoisotopic (exact) mass is 462 g/mol. The molecular formula is C26H20Cl2N2O2. The zero-order valence-corrected chi connectivity index (χ0v) is 18.8. The van der Waals surface area contributed by atoms with Gasteiger partial charge in [0, 0.05) is 23.3 Å². The van der Waals surface area contributed by atoms with Crippen molar-refractivity contribution in [2.24, 2.45) is 0 Å². The second-order valence-corrected chi connectivity index (χ2v) is 8.33. The minimum atomic E-state index is -0.944. The third-order valence-electron chi connectivity index (χ3n) is 5.07. The molecule has 0 bridgehead atoms. The second kappa shape index (κ2) is 9.43. The molecule has 4 nitrogen and oxygen atoms in total. The molecule has 0 radical (unpaired) electrons. The highest BCUT2D eigenvalue weighted by atomic mass is 35.5. The van der Waals surface area contributed by atoms with Gasteiger partial charge in [-0.25, -0.2) is 9.78 Å². The van der Waals surface area contributed by atoms with E-state index in [1.165, 1.54) is 5.56 Å². The average molecular weight is 463 g/mol. The predicted molar refractivity (Wildman–Crippen MR) is 130 cm³/mol. The molecule has 0 aliphatic rings. The zero-order valence-electron chi connectivity index (χ0n) is 17.3. The van der Waals surface area contributed by atoms with Gasteiger partial charge in [0.15, 0.2) is 0 Å². The van der Waals surface area contributed by atoms with Gasteiger partial charge in [-0.1, -0.05) is 71.2 Å². The molecule has 6 heteroatoms. The first-order valence-electron chi connectivity index (χ1n) is 9.98. The quantitative estimate of drug-likeness (QED) is 0.332. The lowest BCUT2D eigenvalue weighted by atomic mass is 10.1. The van der Waals surface area contributed by atoms with E-state index in [-0.39, 0.29) is 5.56 Å². The molecule has 0 amide bonds. The third kappa shape index (κ3) is 5.10. The van der Waals surface area contributed by atoms with Crippen molar-refractivity contribution in [1.29, 1.82) is 0 Å². The standard InChI is InChI=1S/C26H20Cl2N2O2/c1-17-2-4-18(5-3-17)8-13-25-29-24(22-12-11-21(27)14-23(22)28)16-30(25)15-19-6-9-20(10-7-19)26(31)32/h2-14,16H,15H2,1H3,(H,31,32)/b13-8+. The van der Waals surface area contributed by atoms with E-state index in [0.29, 0.717) is 16.6 Å². The smallest absolute Gasteiger partial charge is 0.335 e. The van der Waals surface area contributed by atoms with Crippen molar-refractivity contribution >= 4 is 41.3 Å². The van der Waals surface area contributed by atoms with Crippen molar-refractivity contribution in [3.63, 3.8) is 0 Å². The van der Waals surface area contributed by atoms with Crippen LogP contribution in [0.15, 0.2) is 72.9 Å². The fourth-order valence-electron chi connectivity index (χ4n) is 3.31. The summed E-state index contributed by atoms with van der Waals surface area (Å²) in [6.45, 7) is 2.59. The van der Waals surface area contributed by atoms with Crippen molar-refractivity contribution < 1.29 is 9.90 Å². The second-order valence-electron chi connectivity index (χ2n) is 7.48. The average Bonchev–Trinajstić information content (AvgIpc) is 3.16. The fourth-order valence-corrected chi connectivity index (χ4v) is 3.82. The van der Waals surface area contributed by atoms with Gasteiger partial charge < -0.3 is 9.67 Å². The van der Waals surface area contributed by atoms with Crippen molar-refractivity contribution in [3.8, 4) is 11.3 Å². The SMILES string of the molecule is Cc1ccc(/C=C/c2nc(-c3ccc(Cl)cc3Cl)cn2Cc2ccc(C(=O)O)cc2)cc1. The summed E-state index contributed by atoms with van der Waals surface area (Å²) in [5.74, 6) is -0.186. The van der Waals surface area contributed by atoms with E-state index in [0.717, 1.165) is 28.2 Å². The Hall–Kier alpha value is -3.34. The number of carbonyl (C=O) groups is 1. The number of carboxylic acids is 1. The molecule has 1 N–H and O–H groups in total. The summed E-state index contributed by atoms with van der Waals surface area (Å²) in [4.78, 5) is 15.9. The van der Waals surface area contributed by atoms with E-state index in [4.69, 9.17) is 33.3 Å². The van der Waals surface area contributed by atoms with Gasteiger partial charge in [0.1, 0.15) is 5.82 Å². The zero-order chi connectivity index (χ0) is 22.7. The summed E-state index contributed by atoms with van der Waals surface area (Å²) in [5.41, 5.74) is 5.02. The molecule has 1 heterocycles. The number of aromatic carboxylic acids is 1. The molecule has 1 aromatic heterocycles. The van der Waals surface area contributed by atoms with Crippen LogP contribution < -0.4 is 0 Å². The van der Waals surface area contributed by atoms with Crippen LogP contribution in [0.1, 0.15) is 32.9 Å². The Morgan fingerprint density at radius 2 is 1.72 bits per heavy atom. The van der Waals surface area contributed by atoms with E-state index in [1.807, 2.05) is 41.1 Å². The van der Waals surface area contributed by atoms with Gasteiger partial charge in [0.05, 0.1) is 16.3 Å². The van der Waals surface area contributed by atoms with Gasteiger partial charge in [0.25, 0.3) is 0 Å². The number of nitrogens with zero attached hydrogens (tertiary/aromatic N) is 2. The molecule has 0 aliphatic carbocycles. The van der Waals surface area contributed by atoms with Gasteiger partial charge in [0.2, 0.25) is 0 Å². The molecule has 0 atom stereocenters. The molecule has 0 fully saturated rings. The normalized spacial score (nSPS) is 11.2. The van der Waals surface area contributed by atoms with Crippen molar-refractivity contribution in [3.05, 3.63) is 111 Å². The first kappa shape index (κ1) is 21.9. The Morgan fingerprint density at radius 3 is 2.38 bits per heavy atom. The maximum Gasteiger partial charge on any atom is 0.335 e. The number of hydrogen-bond acceptors (Lipinski definition) is 2. The van der Waals surface area contributed by atoms with E-state index in [9.17, 15) is 4.79 Å². The van der Waals surface area contributed by atoms with Crippen LogP contribution in [0, 0.1) is 6.92 Å². The van der Waals surface area contributed by atoms with Crippen LogP contribution in [0.25, 0.3) is 23.4 Å². The Labute approximate surface area is 196 Å². The molecule has 4 rings (SSSR count). The summed E-state index contributed by atoms with van der Waals surface area (Å²) in [7, 11) is 0. The number of rotatable bonds is 6. The molecular weight excluding hydrogens is 443 g/mol. The lowest BCUT2D eigenvalue weighted by Gasteiger charge is -2.06. The molecule has 0 saturated heterocycles. The van der Waals surface area contributed by atoms with Crippen molar-refractivity contribution in [2.75, 3.05) is 0 Å². The first-order chi connectivity index (χ1) is 15.4. The van der Waals surface area contributed by atoms with Crippen LogP contribution in [0.5, 0.6) is 0 Å². The molecule has 0 spiro atoms. The first-order valence-corrected chi connectivity index (χ1v) is 10.7. The largest absolute Gasteiger partial charge is 0.478 e. The van der Waals surface area contributed by atoms with Crippen LogP contribution in [0.3, 0.4) is 0 Å². The van der Waals surface area contributed by atoms with Gasteiger partial charge in [-0.15, -0.1) is 0 Å². The Kier molecular flexibility index (Phi) is 6.45. The maximum absolute atomic E-state index is 11.1. The van der Waals surface area contributed by atoms with Gasteiger partial charge in [-0.2, -0.15) is 0 Å². The number of halogens is 2. The molecule has 160 valence electrons. The van der Waals surface area contributed by atoms with Crippen LogP contribution in [0.2, 0.25) is 10.0 Å². The van der Waals surface area contributed by atoms with Crippen LogP contribution in [0.4, 0.5) is 0 Å². The van der Waals surface area contributed by atoms with Crippen LogP contribution in [-0.4, -0.2) is 20.6 Å². The Morgan fingerprint density at radius 1 is 1.00 bits per heavy atom. The number of benzene rings is 3. The molecule has 0 saturated carbocycles. The van der Waals surface area contributed by atoms with E-state index in [2.05, 4.69) is 31.2 Å². The molecule has 3 aromatic carbocycles.